The molecule has 0 aliphatic carbocycles. The second-order valence-corrected chi connectivity index (χ2v) is 4.22. The Bertz CT molecular complexity index is 727. The van der Waals surface area contributed by atoms with Crippen LogP contribution in [0.3, 0.4) is 0 Å². The maximum atomic E-state index is 10.1. The van der Waals surface area contributed by atoms with E-state index in [2.05, 4.69) is 5.32 Å². The van der Waals surface area contributed by atoms with E-state index >= 15 is 0 Å². The number of benzene rings is 2. The molecule has 0 aliphatic rings. The van der Waals surface area contributed by atoms with Gasteiger partial charge >= 0.3 is 0 Å². The highest BCUT2D eigenvalue weighted by atomic mass is 16.5. The molecule has 0 amide bonds. The summed E-state index contributed by atoms with van der Waals surface area (Å²) in [5.41, 5.74) is 0. The predicted octanol–water partition coefficient (Wildman–Crippen LogP) is 2.58. The van der Waals surface area contributed by atoms with Gasteiger partial charge in [0.25, 0.3) is 0 Å². The molecule has 0 radical (unpaired) electrons. The summed E-state index contributed by atoms with van der Waals surface area (Å²) in [6.45, 7) is -4.39. The molecule has 2 aromatic rings. The van der Waals surface area contributed by atoms with Crippen molar-refractivity contribution < 1.29 is 18.1 Å². The molecule has 102 valence electrons. The molecule has 0 saturated heterocycles. The number of nitrogens with one attached hydrogen (secondary N) is 1. The quantitative estimate of drug-likeness (QED) is 0.843. The molecule has 3 nitrogen and oxygen atoms in total. The van der Waals surface area contributed by atoms with Crippen molar-refractivity contribution in [1.82, 2.24) is 5.32 Å². The number of rotatable bonds is 6. The fraction of sp³-hybridized carbons (Fsp3) is 0.375. The van der Waals surface area contributed by atoms with Crippen molar-refractivity contribution in [3.05, 3.63) is 42.5 Å². The Labute approximate surface area is 122 Å². The molecule has 3 heteroatoms. The zero-order valence-corrected chi connectivity index (χ0v) is 10.7. The molecule has 2 atom stereocenters. The lowest BCUT2D eigenvalue weighted by Gasteiger charge is -2.15. The van der Waals surface area contributed by atoms with Crippen LogP contribution < -0.4 is 10.1 Å². The van der Waals surface area contributed by atoms with E-state index in [-0.39, 0.29) is 5.75 Å². The van der Waals surface area contributed by atoms with E-state index in [4.69, 9.17) is 13.0 Å². The number of ether oxygens (including phenoxy) is 1. The Morgan fingerprint density at radius 3 is 3.00 bits per heavy atom. The van der Waals surface area contributed by atoms with Crippen molar-refractivity contribution in [3.63, 3.8) is 0 Å². The van der Waals surface area contributed by atoms with Crippen LogP contribution in [-0.2, 0) is 0 Å². The van der Waals surface area contributed by atoms with E-state index < -0.39 is 32.1 Å². The predicted molar refractivity (Wildman–Crippen MR) is 78.6 cm³/mol. The van der Waals surface area contributed by atoms with Crippen LogP contribution in [0.15, 0.2) is 42.5 Å². The summed E-state index contributed by atoms with van der Waals surface area (Å²) in [6.07, 6.45) is -1.67. The zero-order valence-electron chi connectivity index (χ0n) is 16.7. The standard InChI is InChI=1S/C16H21NO2/c1-12(2)17-10-14(18)11-19-16-9-5-7-13-6-3-4-8-15(13)16/h3-9,12,14,17-18H,10-11H2,1-2H3/i1D3,11D2,12D. The average Bonchev–Trinajstić information content (AvgIpc) is 2.51. The number of aliphatic hydroxyl groups is 1. The van der Waals surface area contributed by atoms with E-state index in [0.29, 0.717) is 5.39 Å². The van der Waals surface area contributed by atoms with Crippen molar-refractivity contribution in [2.45, 2.75) is 25.9 Å². The van der Waals surface area contributed by atoms with E-state index in [9.17, 15) is 5.11 Å². The third kappa shape index (κ3) is 3.94. The van der Waals surface area contributed by atoms with E-state index in [1.165, 1.54) is 0 Å². The molecular weight excluding hydrogens is 238 g/mol. The third-order valence-electron chi connectivity index (χ3n) is 2.62. The molecule has 0 spiro atoms. The van der Waals surface area contributed by atoms with Gasteiger partial charge in [0.1, 0.15) is 18.4 Å². The lowest BCUT2D eigenvalue weighted by Crippen LogP contribution is -2.35. The van der Waals surface area contributed by atoms with Gasteiger partial charge in [0.15, 0.2) is 0 Å². The number of aliphatic hydroxyl groups excluding tert-OH is 1. The largest absolute Gasteiger partial charge is 0.490 e. The molecule has 0 aromatic heterocycles. The summed E-state index contributed by atoms with van der Waals surface area (Å²) < 4.78 is 50.9. The van der Waals surface area contributed by atoms with Crippen LogP contribution >= 0.6 is 0 Å². The Morgan fingerprint density at radius 2 is 2.16 bits per heavy atom. The van der Waals surface area contributed by atoms with Crippen LogP contribution in [0.4, 0.5) is 0 Å². The monoisotopic (exact) mass is 265 g/mol. The van der Waals surface area contributed by atoms with Gasteiger partial charge in [0.05, 0.1) is 2.74 Å². The van der Waals surface area contributed by atoms with Gasteiger partial charge in [-0.1, -0.05) is 50.2 Å². The van der Waals surface area contributed by atoms with Gasteiger partial charge in [-0.3, -0.25) is 0 Å². The summed E-state index contributed by atoms with van der Waals surface area (Å²) >= 11 is 0. The molecule has 0 fully saturated rings. The first-order valence-corrected chi connectivity index (χ1v) is 6.04. The maximum absolute atomic E-state index is 10.1. The van der Waals surface area contributed by atoms with Crippen LogP contribution in [0.1, 0.15) is 22.0 Å². The first kappa shape index (κ1) is 7.88. The average molecular weight is 265 g/mol. The Hall–Kier alpha value is -1.58. The summed E-state index contributed by atoms with van der Waals surface area (Å²) in [7, 11) is 0. The van der Waals surface area contributed by atoms with Crippen molar-refractivity contribution >= 4 is 10.8 Å². The highest BCUT2D eigenvalue weighted by Crippen LogP contribution is 2.25. The fourth-order valence-corrected chi connectivity index (χ4v) is 1.71. The molecule has 0 bridgehead atoms. The molecule has 19 heavy (non-hydrogen) atoms. The lowest BCUT2D eigenvalue weighted by atomic mass is 10.1. The van der Waals surface area contributed by atoms with Crippen LogP contribution in [0.25, 0.3) is 10.8 Å². The minimum Gasteiger partial charge on any atom is -0.490 e. The van der Waals surface area contributed by atoms with Crippen LogP contribution in [0, 0.1) is 0 Å². The van der Waals surface area contributed by atoms with Gasteiger partial charge in [-0.15, -0.1) is 0 Å². The highest BCUT2D eigenvalue weighted by Gasteiger charge is 2.07. The topological polar surface area (TPSA) is 41.5 Å². The SMILES string of the molecule is [2H]C([2H])(Oc1cccc2ccccc12)C(O)CNC([2H])(C)C([2H])([2H])[2H]. The molecule has 0 aliphatic heterocycles. The Kier molecular flexibility index (Phi) is 2.71. The van der Waals surface area contributed by atoms with Gasteiger partial charge in [0, 0.05) is 23.4 Å². The third-order valence-corrected chi connectivity index (χ3v) is 2.62. The maximum Gasteiger partial charge on any atom is 0.127 e. The summed E-state index contributed by atoms with van der Waals surface area (Å²) in [5, 5.41) is 14.0. The molecule has 2 unspecified atom stereocenters. The van der Waals surface area contributed by atoms with Gasteiger partial charge < -0.3 is 15.2 Å². The van der Waals surface area contributed by atoms with Crippen LogP contribution in [-0.4, -0.2) is 30.3 Å². The second kappa shape index (κ2) is 6.55. The number of hydrogen-bond acceptors (Lipinski definition) is 3. The first-order chi connectivity index (χ1) is 11.4. The number of hydrogen-bond donors (Lipinski definition) is 2. The van der Waals surface area contributed by atoms with Crippen molar-refractivity contribution in [1.29, 1.82) is 0 Å². The van der Waals surface area contributed by atoms with E-state index in [0.717, 1.165) is 12.3 Å². The van der Waals surface area contributed by atoms with E-state index in [1.807, 2.05) is 18.2 Å². The smallest absolute Gasteiger partial charge is 0.127 e. The zero-order chi connectivity index (χ0) is 18.9. The normalized spacial score (nSPS) is 22.0. The molecule has 0 heterocycles. The van der Waals surface area contributed by atoms with Crippen molar-refractivity contribution in [3.8, 4) is 5.75 Å². The van der Waals surface area contributed by atoms with Gasteiger partial charge in [-0.05, 0) is 11.5 Å². The number of fused-ring (bicyclic) bond motifs is 1. The molecular formula is C16H21NO2. The molecule has 2 aromatic carbocycles. The summed E-state index contributed by atoms with van der Waals surface area (Å²) in [5.74, 6) is 0.270. The summed E-state index contributed by atoms with van der Waals surface area (Å²) in [6, 6.07) is 10.4. The molecule has 2 rings (SSSR count). The van der Waals surface area contributed by atoms with Crippen LogP contribution in [0.5, 0.6) is 5.75 Å². The minimum absolute atomic E-state index is 0.270. The lowest BCUT2D eigenvalue weighted by molar-refractivity contribution is 0.105. The van der Waals surface area contributed by atoms with Gasteiger partial charge in [-0.25, -0.2) is 0 Å². The first-order valence-electron chi connectivity index (χ1n) is 9.04. The minimum atomic E-state index is -2.62. The van der Waals surface area contributed by atoms with Gasteiger partial charge in [-0.2, -0.15) is 0 Å². The van der Waals surface area contributed by atoms with Crippen molar-refractivity contribution in [2.75, 3.05) is 13.1 Å². The fourth-order valence-electron chi connectivity index (χ4n) is 1.71. The Balaban J connectivity index is 2.12. The van der Waals surface area contributed by atoms with Crippen molar-refractivity contribution in [2.24, 2.45) is 0 Å². The summed E-state index contributed by atoms with van der Waals surface area (Å²) in [4.78, 5) is 0. The van der Waals surface area contributed by atoms with Gasteiger partial charge in [0.2, 0.25) is 0 Å². The Morgan fingerprint density at radius 1 is 1.37 bits per heavy atom. The molecule has 2 N–H and O–H groups in total. The highest BCUT2D eigenvalue weighted by molar-refractivity contribution is 5.88. The van der Waals surface area contributed by atoms with E-state index in [1.54, 1.807) is 24.3 Å². The van der Waals surface area contributed by atoms with Crippen LogP contribution in [0.2, 0.25) is 0 Å². The second-order valence-electron chi connectivity index (χ2n) is 4.22. The molecule has 0 saturated carbocycles.